The van der Waals surface area contributed by atoms with Gasteiger partial charge in [-0.2, -0.15) is 0 Å². The van der Waals surface area contributed by atoms with Crippen LogP contribution in [-0.4, -0.2) is 24.1 Å². The second-order valence-electron chi connectivity index (χ2n) is 10.9. The molecule has 4 heteroatoms. The number of esters is 2. The molecule has 4 nitrogen and oxygen atoms in total. The fourth-order valence-electron chi connectivity index (χ4n) is 3.91. The summed E-state index contributed by atoms with van der Waals surface area (Å²) in [6, 6.07) is 15.1. The van der Waals surface area contributed by atoms with Gasteiger partial charge in [0.2, 0.25) is 0 Å². The van der Waals surface area contributed by atoms with Crippen LogP contribution in [0.1, 0.15) is 101 Å². The summed E-state index contributed by atoms with van der Waals surface area (Å²) >= 11 is 0. The van der Waals surface area contributed by atoms with E-state index in [-0.39, 0.29) is 28.7 Å². The van der Waals surface area contributed by atoms with Gasteiger partial charge in [-0.25, -0.2) is 9.59 Å². The van der Waals surface area contributed by atoms with Crippen molar-refractivity contribution in [2.75, 3.05) is 0 Å². The highest BCUT2D eigenvalue weighted by atomic mass is 16.6. The molecule has 2 rings (SSSR count). The maximum Gasteiger partial charge on any atom is 0.338 e. The van der Waals surface area contributed by atoms with Gasteiger partial charge in [0.1, 0.15) is 12.2 Å². The van der Waals surface area contributed by atoms with Crippen LogP contribution in [0.5, 0.6) is 0 Å². The van der Waals surface area contributed by atoms with Crippen molar-refractivity contribution in [1.29, 1.82) is 0 Å². The van der Waals surface area contributed by atoms with Gasteiger partial charge in [-0.15, -0.1) is 0 Å². The molecule has 0 aliphatic heterocycles. The van der Waals surface area contributed by atoms with Crippen LogP contribution in [0.4, 0.5) is 0 Å². The van der Waals surface area contributed by atoms with E-state index >= 15 is 0 Å². The molecular formula is C29H40O4. The lowest BCUT2D eigenvalue weighted by molar-refractivity contribution is -0.0232. The summed E-state index contributed by atoms with van der Waals surface area (Å²) in [6.07, 6.45) is -0.0684. The lowest BCUT2D eigenvalue weighted by Gasteiger charge is -2.28. The number of hydrogen-bond acceptors (Lipinski definition) is 4. The Morgan fingerprint density at radius 3 is 1.21 bits per heavy atom. The second kappa shape index (κ2) is 10.5. The van der Waals surface area contributed by atoms with Crippen LogP contribution in [0, 0.1) is 5.92 Å². The molecular weight excluding hydrogens is 412 g/mol. The standard InChI is InChI=1S/C29H40O4/c1-10-25(19(2)32-26(30)21-11-15-23(16-12-21)28(4,5)6)20(3)33-27(31)22-13-17-24(18-14-22)29(7,8)9/h11-20,25H,10H2,1-9H3. The van der Waals surface area contributed by atoms with Crippen molar-refractivity contribution in [2.45, 2.75) is 91.8 Å². The van der Waals surface area contributed by atoms with Gasteiger partial charge in [-0.3, -0.25) is 0 Å². The third kappa shape index (κ3) is 7.18. The average molecular weight is 453 g/mol. The molecule has 2 atom stereocenters. The highest BCUT2D eigenvalue weighted by Crippen LogP contribution is 2.25. The molecule has 2 unspecified atom stereocenters. The van der Waals surface area contributed by atoms with Gasteiger partial charge in [-0.1, -0.05) is 72.7 Å². The summed E-state index contributed by atoms with van der Waals surface area (Å²) in [5.41, 5.74) is 3.41. The first kappa shape index (κ1) is 26.6. The normalized spacial score (nSPS) is 14.8. The Morgan fingerprint density at radius 2 is 0.970 bits per heavy atom. The minimum Gasteiger partial charge on any atom is -0.459 e. The molecule has 0 fully saturated rings. The largest absolute Gasteiger partial charge is 0.459 e. The molecule has 180 valence electrons. The predicted molar refractivity (Wildman–Crippen MR) is 134 cm³/mol. The van der Waals surface area contributed by atoms with Gasteiger partial charge < -0.3 is 9.47 Å². The van der Waals surface area contributed by atoms with Gasteiger partial charge in [0.05, 0.1) is 11.1 Å². The first-order valence-electron chi connectivity index (χ1n) is 11.9. The van der Waals surface area contributed by atoms with E-state index in [1.165, 1.54) is 0 Å². The first-order valence-corrected chi connectivity index (χ1v) is 11.9. The number of carbonyl (C=O) groups is 2. The third-order valence-corrected chi connectivity index (χ3v) is 6.24. The van der Waals surface area contributed by atoms with Gasteiger partial charge in [0.25, 0.3) is 0 Å². The number of rotatable bonds is 7. The molecule has 0 aliphatic rings. The predicted octanol–water partition coefficient (Wildman–Crippen LogP) is 7.10. The zero-order valence-electron chi connectivity index (χ0n) is 21.7. The van der Waals surface area contributed by atoms with Crippen LogP contribution in [0.15, 0.2) is 48.5 Å². The number of carbonyl (C=O) groups excluding carboxylic acids is 2. The number of hydrogen-bond donors (Lipinski definition) is 0. The summed E-state index contributed by atoms with van der Waals surface area (Å²) in [7, 11) is 0. The lowest BCUT2D eigenvalue weighted by Crippen LogP contribution is -2.34. The molecule has 2 aromatic rings. The Hall–Kier alpha value is -2.62. The molecule has 0 aliphatic carbocycles. The zero-order valence-corrected chi connectivity index (χ0v) is 21.7. The Labute approximate surface area is 199 Å². The monoisotopic (exact) mass is 452 g/mol. The maximum atomic E-state index is 12.7. The van der Waals surface area contributed by atoms with Crippen molar-refractivity contribution in [2.24, 2.45) is 5.92 Å². The molecule has 0 saturated heterocycles. The number of benzene rings is 2. The van der Waals surface area contributed by atoms with Crippen LogP contribution in [0.25, 0.3) is 0 Å². The molecule has 33 heavy (non-hydrogen) atoms. The Balaban J connectivity index is 2.01. The van der Waals surface area contributed by atoms with Gasteiger partial charge >= 0.3 is 11.9 Å². The molecule has 0 N–H and O–H groups in total. The maximum absolute atomic E-state index is 12.7. The van der Waals surface area contributed by atoms with Crippen molar-refractivity contribution < 1.29 is 19.1 Å². The van der Waals surface area contributed by atoms with Crippen molar-refractivity contribution in [3.05, 3.63) is 70.8 Å². The van der Waals surface area contributed by atoms with Gasteiger partial charge in [0, 0.05) is 5.92 Å². The summed E-state index contributed by atoms with van der Waals surface area (Å²) in [4.78, 5) is 25.4. The fourth-order valence-corrected chi connectivity index (χ4v) is 3.91. The van der Waals surface area contributed by atoms with E-state index < -0.39 is 12.2 Å². The van der Waals surface area contributed by atoms with Crippen LogP contribution in [0.3, 0.4) is 0 Å². The lowest BCUT2D eigenvalue weighted by atomic mass is 9.87. The van der Waals surface area contributed by atoms with E-state index in [0.29, 0.717) is 11.1 Å². The van der Waals surface area contributed by atoms with Crippen molar-refractivity contribution in [3.8, 4) is 0 Å². The average Bonchev–Trinajstić information content (AvgIpc) is 2.73. The van der Waals surface area contributed by atoms with Crippen molar-refractivity contribution in [1.82, 2.24) is 0 Å². The quantitative estimate of drug-likeness (QED) is 0.421. The highest BCUT2D eigenvalue weighted by Gasteiger charge is 2.29. The molecule has 0 heterocycles. The second-order valence-corrected chi connectivity index (χ2v) is 10.9. The molecule has 0 bridgehead atoms. The van der Waals surface area contributed by atoms with E-state index in [1.807, 2.05) is 45.0 Å². The SMILES string of the molecule is CCC(C(C)OC(=O)c1ccc(C(C)(C)C)cc1)C(C)OC(=O)c1ccc(C(C)(C)C)cc1. The molecule has 2 aromatic carbocycles. The van der Waals surface area contributed by atoms with E-state index in [9.17, 15) is 9.59 Å². The van der Waals surface area contributed by atoms with E-state index in [2.05, 4.69) is 41.5 Å². The molecule has 0 amide bonds. The fraction of sp³-hybridized carbons (Fsp3) is 0.517. The van der Waals surface area contributed by atoms with Gasteiger partial charge in [0.15, 0.2) is 0 Å². The van der Waals surface area contributed by atoms with Crippen molar-refractivity contribution in [3.63, 3.8) is 0 Å². The number of ether oxygens (including phenoxy) is 2. The van der Waals surface area contributed by atoms with Gasteiger partial charge in [-0.05, 0) is 66.5 Å². The van der Waals surface area contributed by atoms with E-state index in [0.717, 1.165) is 17.5 Å². The molecule has 0 aromatic heterocycles. The highest BCUT2D eigenvalue weighted by molar-refractivity contribution is 5.90. The van der Waals surface area contributed by atoms with Crippen LogP contribution in [0.2, 0.25) is 0 Å². The van der Waals surface area contributed by atoms with Crippen LogP contribution >= 0.6 is 0 Å². The van der Waals surface area contributed by atoms with E-state index in [1.54, 1.807) is 24.3 Å². The smallest absolute Gasteiger partial charge is 0.338 e. The third-order valence-electron chi connectivity index (χ3n) is 6.24. The summed E-state index contributed by atoms with van der Waals surface area (Å²) < 4.78 is 11.5. The first-order chi connectivity index (χ1) is 15.2. The topological polar surface area (TPSA) is 52.6 Å². The Kier molecular flexibility index (Phi) is 8.51. The minimum absolute atomic E-state index is 0.0232. The van der Waals surface area contributed by atoms with Crippen LogP contribution in [-0.2, 0) is 20.3 Å². The van der Waals surface area contributed by atoms with E-state index in [4.69, 9.17) is 9.47 Å². The molecule has 0 saturated carbocycles. The Morgan fingerprint density at radius 1 is 0.667 bits per heavy atom. The Bertz CT molecular complexity index is 850. The molecule has 0 spiro atoms. The minimum atomic E-state index is -0.393. The summed E-state index contributed by atoms with van der Waals surface area (Å²) in [5, 5.41) is 0. The molecule has 0 radical (unpaired) electrons. The van der Waals surface area contributed by atoms with Crippen LogP contribution < -0.4 is 0 Å². The zero-order chi connectivity index (χ0) is 25.0. The summed E-state index contributed by atoms with van der Waals surface area (Å²) in [6.45, 7) is 18.5. The summed E-state index contributed by atoms with van der Waals surface area (Å²) in [5.74, 6) is -0.837. The van der Waals surface area contributed by atoms with Crippen molar-refractivity contribution >= 4 is 11.9 Å².